The van der Waals surface area contributed by atoms with E-state index in [4.69, 9.17) is 0 Å². The zero-order valence-corrected chi connectivity index (χ0v) is 12.6. The van der Waals surface area contributed by atoms with Gasteiger partial charge in [-0.05, 0) is 24.3 Å². The van der Waals surface area contributed by atoms with Crippen LogP contribution >= 0.6 is 11.8 Å². The Morgan fingerprint density at radius 1 is 1.43 bits per heavy atom. The van der Waals surface area contributed by atoms with E-state index in [0.717, 1.165) is 11.8 Å². The monoisotopic (exact) mass is 316 g/mol. The Bertz CT molecular complexity index is 519. The van der Waals surface area contributed by atoms with Gasteiger partial charge in [0.2, 0.25) is 11.1 Å². The number of tetrazole rings is 1. The van der Waals surface area contributed by atoms with Crippen molar-refractivity contribution in [2.45, 2.75) is 30.8 Å². The lowest BCUT2D eigenvalue weighted by Gasteiger charge is -2.10. The first-order valence-corrected chi connectivity index (χ1v) is 6.94. The molecule has 0 fully saturated rings. The SMILES string of the molecule is CCNC(=O)NC(=O)C(C)Sc1nnnn1CC(=O)OC. The van der Waals surface area contributed by atoms with Crippen LogP contribution in [0.3, 0.4) is 0 Å². The highest BCUT2D eigenvalue weighted by Crippen LogP contribution is 2.20. The van der Waals surface area contributed by atoms with E-state index in [1.54, 1.807) is 13.8 Å². The summed E-state index contributed by atoms with van der Waals surface area (Å²) in [6.45, 7) is 3.59. The van der Waals surface area contributed by atoms with Gasteiger partial charge in [0.05, 0.1) is 12.4 Å². The topological polar surface area (TPSA) is 128 Å². The summed E-state index contributed by atoms with van der Waals surface area (Å²) >= 11 is 1.02. The van der Waals surface area contributed by atoms with Gasteiger partial charge in [-0.3, -0.25) is 14.9 Å². The fraction of sp³-hybridized carbons (Fsp3) is 0.600. The van der Waals surface area contributed by atoms with E-state index >= 15 is 0 Å². The second kappa shape index (κ2) is 8.19. The Hall–Kier alpha value is -2.17. The van der Waals surface area contributed by atoms with E-state index in [0.29, 0.717) is 6.54 Å². The molecule has 11 heteroatoms. The van der Waals surface area contributed by atoms with Crippen molar-refractivity contribution in [1.29, 1.82) is 0 Å². The van der Waals surface area contributed by atoms with E-state index < -0.39 is 23.2 Å². The van der Waals surface area contributed by atoms with Crippen LogP contribution < -0.4 is 10.6 Å². The number of rotatable bonds is 6. The van der Waals surface area contributed by atoms with E-state index in [2.05, 4.69) is 30.9 Å². The van der Waals surface area contributed by atoms with Crippen molar-refractivity contribution < 1.29 is 19.1 Å². The molecule has 0 aliphatic rings. The minimum Gasteiger partial charge on any atom is -0.468 e. The van der Waals surface area contributed by atoms with Gasteiger partial charge >= 0.3 is 12.0 Å². The molecular weight excluding hydrogens is 300 g/mol. The summed E-state index contributed by atoms with van der Waals surface area (Å²) < 4.78 is 5.73. The van der Waals surface area contributed by atoms with Crippen molar-refractivity contribution in [3.8, 4) is 0 Å². The quantitative estimate of drug-likeness (QED) is 0.514. The fourth-order valence-corrected chi connectivity index (χ4v) is 1.99. The van der Waals surface area contributed by atoms with Crippen molar-refractivity contribution in [2.75, 3.05) is 13.7 Å². The lowest BCUT2D eigenvalue weighted by atomic mass is 10.4. The van der Waals surface area contributed by atoms with Crippen molar-refractivity contribution in [3.63, 3.8) is 0 Å². The predicted octanol–water partition coefficient (Wildman–Crippen LogP) is -0.828. The molecule has 0 radical (unpaired) electrons. The van der Waals surface area contributed by atoms with Crippen LogP contribution in [0.15, 0.2) is 5.16 Å². The number of esters is 1. The molecule has 0 spiro atoms. The second-order valence-electron chi connectivity index (χ2n) is 3.80. The molecule has 10 nitrogen and oxygen atoms in total. The number of thioether (sulfide) groups is 1. The summed E-state index contributed by atoms with van der Waals surface area (Å²) in [5, 5.41) is 15.1. The molecule has 1 aromatic rings. The Kier molecular flexibility index (Phi) is 6.59. The first kappa shape index (κ1) is 16.9. The fourth-order valence-electron chi connectivity index (χ4n) is 1.20. The van der Waals surface area contributed by atoms with Crippen molar-refractivity contribution in [2.24, 2.45) is 0 Å². The Labute approximate surface area is 125 Å². The van der Waals surface area contributed by atoms with Gasteiger partial charge in [-0.1, -0.05) is 11.8 Å². The maximum atomic E-state index is 11.8. The minimum absolute atomic E-state index is 0.156. The highest BCUT2D eigenvalue weighted by Gasteiger charge is 2.21. The number of methoxy groups -OCH3 is 1. The summed E-state index contributed by atoms with van der Waals surface area (Å²) in [7, 11) is 1.25. The largest absolute Gasteiger partial charge is 0.468 e. The highest BCUT2D eigenvalue weighted by molar-refractivity contribution is 8.00. The third kappa shape index (κ3) is 5.38. The second-order valence-corrected chi connectivity index (χ2v) is 5.11. The van der Waals surface area contributed by atoms with E-state index in [1.165, 1.54) is 11.8 Å². The Morgan fingerprint density at radius 3 is 2.76 bits per heavy atom. The van der Waals surface area contributed by atoms with Crippen LogP contribution in [0.4, 0.5) is 4.79 Å². The summed E-state index contributed by atoms with van der Waals surface area (Å²) in [6, 6.07) is -0.566. The number of urea groups is 1. The van der Waals surface area contributed by atoms with Gasteiger partial charge < -0.3 is 10.1 Å². The third-order valence-corrected chi connectivity index (χ3v) is 3.30. The zero-order chi connectivity index (χ0) is 15.8. The first-order chi connectivity index (χ1) is 9.97. The average Bonchev–Trinajstić information content (AvgIpc) is 2.85. The van der Waals surface area contributed by atoms with Crippen LogP contribution in [-0.4, -0.2) is 57.0 Å². The van der Waals surface area contributed by atoms with Crippen molar-refractivity contribution in [1.82, 2.24) is 30.8 Å². The predicted molar refractivity (Wildman–Crippen MR) is 72.4 cm³/mol. The molecule has 1 rings (SSSR count). The molecule has 2 N–H and O–H groups in total. The molecule has 1 heterocycles. The van der Waals surface area contributed by atoms with Crippen LogP contribution in [0.25, 0.3) is 0 Å². The summed E-state index contributed by atoms with van der Waals surface area (Å²) in [5.74, 6) is -0.998. The number of imide groups is 1. The molecule has 1 unspecified atom stereocenters. The number of hydrogen-bond acceptors (Lipinski definition) is 8. The number of aromatic nitrogens is 4. The van der Waals surface area contributed by atoms with Crippen LogP contribution in [0.5, 0.6) is 0 Å². The van der Waals surface area contributed by atoms with Crippen LogP contribution in [0.1, 0.15) is 13.8 Å². The molecule has 3 amide bonds. The molecule has 0 saturated carbocycles. The number of carbonyl (C=O) groups excluding carboxylic acids is 3. The normalized spacial score (nSPS) is 11.6. The highest BCUT2D eigenvalue weighted by atomic mass is 32.2. The molecule has 0 bridgehead atoms. The number of amides is 3. The molecular formula is C10H16N6O4S. The smallest absolute Gasteiger partial charge is 0.327 e. The van der Waals surface area contributed by atoms with Gasteiger partial charge in [-0.2, -0.15) is 0 Å². The van der Waals surface area contributed by atoms with Gasteiger partial charge in [-0.15, -0.1) is 5.10 Å². The lowest BCUT2D eigenvalue weighted by Crippen LogP contribution is -2.42. The average molecular weight is 316 g/mol. The standard InChI is InChI=1S/C10H16N6O4S/c1-4-11-9(19)12-8(18)6(2)21-10-13-14-15-16(10)5-7(17)20-3/h6H,4-5H2,1-3H3,(H2,11,12,18,19). The van der Waals surface area contributed by atoms with E-state index in [-0.39, 0.29) is 11.7 Å². The molecule has 21 heavy (non-hydrogen) atoms. The molecule has 0 saturated heterocycles. The van der Waals surface area contributed by atoms with Gasteiger partial charge in [0.15, 0.2) is 0 Å². The van der Waals surface area contributed by atoms with Crippen molar-refractivity contribution in [3.05, 3.63) is 0 Å². The summed E-state index contributed by atoms with van der Waals surface area (Å²) in [5.41, 5.74) is 0. The van der Waals surface area contributed by atoms with E-state index in [1.807, 2.05) is 0 Å². The number of hydrogen-bond donors (Lipinski definition) is 2. The third-order valence-electron chi connectivity index (χ3n) is 2.23. The first-order valence-electron chi connectivity index (χ1n) is 6.06. The Balaban J connectivity index is 2.60. The van der Waals surface area contributed by atoms with E-state index in [9.17, 15) is 14.4 Å². The van der Waals surface area contributed by atoms with Crippen LogP contribution in [-0.2, 0) is 20.9 Å². The lowest BCUT2D eigenvalue weighted by molar-refractivity contribution is -0.141. The van der Waals surface area contributed by atoms with Crippen LogP contribution in [0.2, 0.25) is 0 Å². The minimum atomic E-state index is -0.616. The van der Waals surface area contributed by atoms with Gasteiger partial charge in [0.25, 0.3) is 0 Å². The van der Waals surface area contributed by atoms with Gasteiger partial charge in [0.1, 0.15) is 6.54 Å². The number of carbonyl (C=O) groups is 3. The zero-order valence-electron chi connectivity index (χ0n) is 11.8. The van der Waals surface area contributed by atoms with Crippen LogP contribution in [0, 0.1) is 0 Å². The maximum Gasteiger partial charge on any atom is 0.327 e. The number of nitrogens with zero attached hydrogens (tertiary/aromatic N) is 4. The molecule has 1 aromatic heterocycles. The van der Waals surface area contributed by atoms with Crippen molar-refractivity contribution >= 4 is 29.7 Å². The number of ether oxygens (including phenoxy) is 1. The molecule has 0 aliphatic heterocycles. The maximum absolute atomic E-state index is 11.8. The van der Waals surface area contributed by atoms with Gasteiger partial charge in [-0.25, -0.2) is 9.48 Å². The van der Waals surface area contributed by atoms with Gasteiger partial charge in [0, 0.05) is 6.54 Å². The summed E-state index contributed by atoms with van der Waals surface area (Å²) in [6.07, 6.45) is 0. The molecule has 0 aromatic carbocycles. The molecule has 0 aliphatic carbocycles. The summed E-state index contributed by atoms with van der Waals surface area (Å²) in [4.78, 5) is 34.2. The molecule has 1 atom stereocenters. The molecule has 116 valence electrons. The number of nitrogens with one attached hydrogen (secondary N) is 2. The Morgan fingerprint density at radius 2 is 2.14 bits per heavy atom.